The van der Waals surface area contributed by atoms with E-state index in [4.69, 9.17) is 4.74 Å². The van der Waals surface area contributed by atoms with Crippen LogP contribution in [-0.4, -0.2) is 43.1 Å². The third kappa shape index (κ3) is 4.27. The first-order chi connectivity index (χ1) is 14.2. The zero-order valence-electron chi connectivity index (χ0n) is 16.8. The van der Waals surface area contributed by atoms with Crippen LogP contribution in [-0.2, 0) is 22.4 Å². The van der Waals surface area contributed by atoms with Crippen LogP contribution in [0, 0.1) is 0 Å². The SMILES string of the molecule is CCOC(=O)Nc1ccc2c(c1)N(C(=O)CN1CCCC1)c1ccccc1CC2. The maximum absolute atomic E-state index is 13.4. The van der Waals surface area contributed by atoms with Gasteiger partial charge in [0.15, 0.2) is 0 Å². The first-order valence-electron chi connectivity index (χ1n) is 10.4. The Morgan fingerprint density at radius 1 is 1.00 bits per heavy atom. The Bertz CT molecular complexity index is 906. The van der Waals surface area contributed by atoms with Gasteiger partial charge in [-0.2, -0.15) is 0 Å². The number of anilines is 3. The topological polar surface area (TPSA) is 61.9 Å². The molecule has 152 valence electrons. The average Bonchev–Trinajstić information content (AvgIpc) is 3.15. The van der Waals surface area contributed by atoms with E-state index in [1.165, 1.54) is 5.56 Å². The molecule has 0 aromatic heterocycles. The lowest BCUT2D eigenvalue weighted by atomic mass is 10.0. The van der Waals surface area contributed by atoms with E-state index in [-0.39, 0.29) is 5.91 Å². The normalized spacial score (nSPS) is 16.0. The summed E-state index contributed by atoms with van der Waals surface area (Å²) in [7, 11) is 0. The molecule has 2 aromatic carbocycles. The number of ether oxygens (including phenoxy) is 1. The summed E-state index contributed by atoms with van der Waals surface area (Å²) in [5.41, 5.74) is 4.67. The van der Waals surface area contributed by atoms with Gasteiger partial charge in [0.2, 0.25) is 5.91 Å². The number of rotatable bonds is 4. The van der Waals surface area contributed by atoms with Gasteiger partial charge in [-0.1, -0.05) is 24.3 Å². The van der Waals surface area contributed by atoms with Gasteiger partial charge in [-0.15, -0.1) is 0 Å². The van der Waals surface area contributed by atoms with Crippen molar-refractivity contribution in [2.24, 2.45) is 0 Å². The highest BCUT2D eigenvalue weighted by atomic mass is 16.5. The molecule has 0 spiro atoms. The minimum atomic E-state index is -0.489. The molecule has 29 heavy (non-hydrogen) atoms. The lowest BCUT2D eigenvalue weighted by molar-refractivity contribution is -0.118. The summed E-state index contributed by atoms with van der Waals surface area (Å²) in [6.07, 6.45) is 3.53. The molecule has 0 atom stereocenters. The molecule has 4 rings (SSSR count). The molecule has 6 nitrogen and oxygen atoms in total. The highest BCUT2D eigenvalue weighted by molar-refractivity contribution is 6.04. The van der Waals surface area contributed by atoms with Gasteiger partial charge < -0.3 is 4.74 Å². The van der Waals surface area contributed by atoms with Crippen LogP contribution in [0.3, 0.4) is 0 Å². The van der Waals surface area contributed by atoms with E-state index in [9.17, 15) is 9.59 Å². The Labute approximate surface area is 171 Å². The fourth-order valence-corrected chi connectivity index (χ4v) is 4.16. The number of amides is 2. The minimum absolute atomic E-state index is 0.0655. The van der Waals surface area contributed by atoms with Crippen LogP contribution in [0.2, 0.25) is 0 Å². The van der Waals surface area contributed by atoms with Crippen molar-refractivity contribution in [1.82, 2.24) is 4.90 Å². The van der Waals surface area contributed by atoms with Gasteiger partial charge in [0.05, 0.1) is 24.5 Å². The van der Waals surface area contributed by atoms with E-state index < -0.39 is 6.09 Å². The van der Waals surface area contributed by atoms with Crippen LogP contribution in [0.15, 0.2) is 42.5 Å². The largest absolute Gasteiger partial charge is 0.450 e. The molecule has 2 heterocycles. The second kappa shape index (κ2) is 8.66. The van der Waals surface area contributed by atoms with E-state index in [1.807, 2.05) is 41.3 Å². The van der Waals surface area contributed by atoms with Crippen LogP contribution < -0.4 is 10.2 Å². The van der Waals surface area contributed by atoms with Crippen LogP contribution in [0.4, 0.5) is 21.9 Å². The number of fused-ring (bicyclic) bond motifs is 2. The number of nitrogens with one attached hydrogen (secondary N) is 1. The van der Waals surface area contributed by atoms with Gasteiger partial charge in [0.25, 0.3) is 0 Å². The lowest BCUT2D eigenvalue weighted by Crippen LogP contribution is -2.37. The Morgan fingerprint density at radius 3 is 2.48 bits per heavy atom. The Morgan fingerprint density at radius 2 is 1.72 bits per heavy atom. The van der Waals surface area contributed by atoms with E-state index in [1.54, 1.807) is 6.92 Å². The second-order valence-electron chi connectivity index (χ2n) is 7.53. The summed E-state index contributed by atoms with van der Waals surface area (Å²) in [6, 6.07) is 13.9. The van der Waals surface area contributed by atoms with Crippen molar-refractivity contribution in [3.8, 4) is 0 Å². The Balaban J connectivity index is 1.71. The fourth-order valence-electron chi connectivity index (χ4n) is 4.16. The molecule has 1 N–H and O–H groups in total. The lowest BCUT2D eigenvalue weighted by Gasteiger charge is -2.27. The molecule has 2 aromatic rings. The van der Waals surface area contributed by atoms with Crippen molar-refractivity contribution < 1.29 is 14.3 Å². The van der Waals surface area contributed by atoms with Gasteiger partial charge in [0, 0.05) is 5.69 Å². The molecule has 1 saturated heterocycles. The van der Waals surface area contributed by atoms with Crippen LogP contribution in [0.25, 0.3) is 0 Å². The molecule has 2 aliphatic heterocycles. The highest BCUT2D eigenvalue weighted by Gasteiger charge is 2.28. The van der Waals surface area contributed by atoms with Gasteiger partial charge in [-0.3, -0.25) is 19.9 Å². The van der Waals surface area contributed by atoms with Crippen LogP contribution >= 0.6 is 0 Å². The first kappa shape index (κ1) is 19.5. The molecule has 0 saturated carbocycles. The molecule has 0 aliphatic carbocycles. The summed E-state index contributed by atoms with van der Waals surface area (Å²) < 4.78 is 5.00. The van der Waals surface area contributed by atoms with E-state index in [0.29, 0.717) is 18.8 Å². The Kier molecular flexibility index (Phi) is 5.81. The number of carbonyl (C=O) groups excluding carboxylic acids is 2. The van der Waals surface area contributed by atoms with Crippen molar-refractivity contribution in [3.05, 3.63) is 53.6 Å². The molecule has 2 aliphatic rings. The number of hydrogen-bond acceptors (Lipinski definition) is 4. The maximum Gasteiger partial charge on any atom is 0.411 e. The van der Waals surface area contributed by atoms with Crippen molar-refractivity contribution >= 4 is 29.1 Å². The summed E-state index contributed by atoms with van der Waals surface area (Å²) >= 11 is 0. The minimum Gasteiger partial charge on any atom is -0.450 e. The Hall–Kier alpha value is -2.86. The number of para-hydroxylation sites is 1. The van der Waals surface area contributed by atoms with E-state index in [0.717, 1.165) is 55.7 Å². The first-order valence-corrected chi connectivity index (χ1v) is 10.4. The standard InChI is InChI=1S/C23H27N3O3/c1-2-29-23(28)24-19-12-11-18-10-9-17-7-3-4-8-20(17)26(21(18)15-19)22(27)16-25-13-5-6-14-25/h3-4,7-8,11-12,15H,2,5-6,9-10,13-14,16H2,1H3,(H,24,28). The predicted octanol–water partition coefficient (Wildman–Crippen LogP) is 4.11. The monoisotopic (exact) mass is 393 g/mol. The van der Waals surface area contributed by atoms with Gasteiger partial charge in [-0.25, -0.2) is 4.79 Å². The smallest absolute Gasteiger partial charge is 0.411 e. The van der Waals surface area contributed by atoms with E-state index >= 15 is 0 Å². The van der Waals surface area contributed by atoms with Crippen molar-refractivity contribution in [3.63, 3.8) is 0 Å². The number of nitrogens with zero attached hydrogens (tertiary/aromatic N) is 2. The zero-order chi connectivity index (χ0) is 20.2. The van der Waals surface area contributed by atoms with Gasteiger partial charge >= 0.3 is 6.09 Å². The molecule has 6 heteroatoms. The van der Waals surface area contributed by atoms with Crippen LogP contribution in [0.1, 0.15) is 30.9 Å². The molecule has 0 bridgehead atoms. The fraction of sp³-hybridized carbons (Fsp3) is 0.391. The summed E-state index contributed by atoms with van der Waals surface area (Å²) in [6.45, 7) is 4.43. The third-order valence-electron chi connectivity index (χ3n) is 5.55. The number of benzene rings is 2. The van der Waals surface area contributed by atoms with Gasteiger partial charge in [-0.05, 0) is 75.0 Å². The summed E-state index contributed by atoms with van der Waals surface area (Å²) in [4.78, 5) is 29.4. The molecule has 0 radical (unpaired) electrons. The average molecular weight is 393 g/mol. The molecule has 1 fully saturated rings. The molecular formula is C23H27N3O3. The van der Waals surface area contributed by atoms with Crippen molar-refractivity contribution in [1.29, 1.82) is 0 Å². The molecular weight excluding hydrogens is 366 g/mol. The van der Waals surface area contributed by atoms with E-state index in [2.05, 4.69) is 16.3 Å². The zero-order valence-corrected chi connectivity index (χ0v) is 16.8. The molecule has 0 unspecified atom stereocenters. The maximum atomic E-state index is 13.4. The predicted molar refractivity (Wildman–Crippen MR) is 114 cm³/mol. The highest BCUT2D eigenvalue weighted by Crippen LogP contribution is 2.37. The quantitative estimate of drug-likeness (QED) is 0.849. The van der Waals surface area contributed by atoms with Crippen molar-refractivity contribution in [2.45, 2.75) is 32.6 Å². The number of likely N-dealkylation sites (tertiary alicyclic amines) is 1. The number of carbonyl (C=O) groups is 2. The molecule has 2 amide bonds. The number of aryl methyl sites for hydroxylation is 2. The summed E-state index contributed by atoms with van der Waals surface area (Å²) in [5.74, 6) is 0.0655. The van der Waals surface area contributed by atoms with Crippen LogP contribution in [0.5, 0.6) is 0 Å². The number of hydrogen-bond donors (Lipinski definition) is 1. The van der Waals surface area contributed by atoms with Gasteiger partial charge in [0.1, 0.15) is 0 Å². The summed E-state index contributed by atoms with van der Waals surface area (Å²) in [5, 5.41) is 2.76. The second-order valence-corrected chi connectivity index (χ2v) is 7.53. The third-order valence-corrected chi connectivity index (χ3v) is 5.55. The van der Waals surface area contributed by atoms with Crippen molar-refractivity contribution in [2.75, 3.05) is 36.5 Å².